The molecule has 0 bridgehead atoms. The zero-order valence-electron chi connectivity index (χ0n) is 10.1. The molecule has 1 aliphatic carbocycles. The van der Waals surface area contributed by atoms with Crippen molar-refractivity contribution in [3.05, 3.63) is 27.7 Å². The fourth-order valence-corrected chi connectivity index (χ4v) is 2.30. The summed E-state index contributed by atoms with van der Waals surface area (Å²) < 4.78 is 38.9. The van der Waals surface area contributed by atoms with E-state index in [0.29, 0.717) is 15.7 Å². The van der Waals surface area contributed by atoms with E-state index in [-0.39, 0.29) is 18.4 Å². The molecule has 1 fully saturated rings. The minimum absolute atomic E-state index is 0.0786. The van der Waals surface area contributed by atoms with Gasteiger partial charge in [-0.2, -0.15) is 13.2 Å². The standard InChI is InChI=1S/C12H12BrF3N2O/c1-6-8(4-7(13)5-9(6)17)10(19)18-11(2-3-11)12(14,15)16/h4-5H,2-3,17H2,1H3,(H,18,19). The molecule has 19 heavy (non-hydrogen) atoms. The molecule has 0 aromatic heterocycles. The Hall–Kier alpha value is -1.24. The molecule has 0 aliphatic heterocycles. The summed E-state index contributed by atoms with van der Waals surface area (Å²) in [5.41, 5.74) is 4.61. The van der Waals surface area contributed by atoms with Crippen molar-refractivity contribution in [3.63, 3.8) is 0 Å². The van der Waals surface area contributed by atoms with Crippen LogP contribution in [0.5, 0.6) is 0 Å². The molecule has 0 atom stereocenters. The minimum Gasteiger partial charge on any atom is -0.398 e. The summed E-state index contributed by atoms with van der Waals surface area (Å²) in [7, 11) is 0. The number of amides is 1. The number of nitrogen functional groups attached to an aromatic ring is 1. The lowest BCUT2D eigenvalue weighted by molar-refractivity contribution is -0.163. The maximum absolute atomic E-state index is 12.8. The Balaban J connectivity index is 2.27. The van der Waals surface area contributed by atoms with Crippen LogP contribution < -0.4 is 11.1 Å². The monoisotopic (exact) mass is 336 g/mol. The highest BCUT2D eigenvalue weighted by molar-refractivity contribution is 9.10. The summed E-state index contributed by atoms with van der Waals surface area (Å²) in [5, 5.41) is 2.08. The second-order valence-electron chi connectivity index (χ2n) is 4.70. The van der Waals surface area contributed by atoms with Gasteiger partial charge < -0.3 is 11.1 Å². The van der Waals surface area contributed by atoms with Gasteiger partial charge in [0.05, 0.1) is 0 Å². The molecule has 0 saturated heterocycles. The summed E-state index contributed by atoms with van der Waals surface area (Å²) in [6.45, 7) is 1.60. The van der Waals surface area contributed by atoms with Crippen molar-refractivity contribution in [1.82, 2.24) is 5.32 Å². The molecule has 7 heteroatoms. The third-order valence-corrected chi connectivity index (χ3v) is 3.76. The first-order valence-corrected chi connectivity index (χ1v) is 6.40. The van der Waals surface area contributed by atoms with Crippen molar-refractivity contribution in [1.29, 1.82) is 0 Å². The Bertz CT molecular complexity index is 539. The third kappa shape index (κ3) is 2.56. The van der Waals surface area contributed by atoms with Crippen LogP contribution in [0, 0.1) is 6.92 Å². The predicted molar refractivity (Wildman–Crippen MR) is 68.8 cm³/mol. The normalized spacial score (nSPS) is 17.1. The first kappa shape index (κ1) is 14.2. The van der Waals surface area contributed by atoms with Crippen LogP contribution in [0.3, 0.4) is 0 Å². The lowest BCUT2D eigenvalue weighted by Crippen LogP contribution is -2.48. The van der Waals surface area contributed by atoms with E-state index in [1.807, 2.05) is 0 Å². The average molecular weight is 337 g/mol. The molecular formula is C12H12BrF3N2O. The molecule has 1 aromatic rings. The highest BCUT2D eigenvalue weighted by Gasteiger charge is 2.64. The Morgan fingerprint density at radius 1 is 1.42 bits per heavy atom. The van der Waals surface area contributed by atoms with Crippen LogP contribution in [-0.4, -0.2) is 17.6 Å². The van der Waals surface area contributed by atoms with Crippen LogP contribution in [0.2, 0.25) is 0 Å². The molecule has 1 amide bonds. The smallest absolute Gasteiger partial charge is 0.398 e. The van der Waals surface area contributed by atoms with Gasteiger partial charge in [0.2, 0.25) is 0 Å². The number of alkyl halides is 3. The van der Waals surface area contributed by atoms with Crippen LogP contribution in [0.1, 0.15) is 28.8 Å². The van der Waals surface area contributed by atoms with Gasteiger partial charge in [0.25, 0.3) is 5.91 Å². The highest BCUT2D eigenvalue weighted by Crippen LogP contribution is 2.49. The van der Waals surface area contributed by atoms with Gasteiger partial charge in [-0.1, -0.05) is 15.9 Å². The highest BCUT2D eigenvalue weighted by atomic mass is 79.9. The van der Waals surface area contributed by atoms with Gasteiger partial charge in [-0.3, -0.25) is 4.79 Å². The Morgan fingerprint density at radius 3 is 2.47 bits per heavy atom. The summed E-state index contributed by atoms with van der Waals surface area (Å²) >= 11 is 3.17. The van der Waals surface area contributed by atoms with Crippen LogP contribution in [0.15, 0.2) is 16.6 Å². The zero-order valence-corrected chi connectivity index (χ0v) is 11.7. The number of nitrogens with two attached hydrogens (primary N) is 1. The number of carbonyl (C=O) groups is 1. The van der Waals surface area contributed by atoms with Crippen molar-refractivity contribution < 1.29 is 18.0 Å². The molecule has 0 spiro atoms. The second kappa shape index (κ2) is 4.40. The van der Waals surface area contributed by atoms with Gasteiger partial charge in [-0.25, -0.2) is 0 Å². The number of carbonyl (C=O) groups excluding carboxylic acids is 1. The van der Waals surface area contributed by atoms with E-state index in [2.05, 4.69) is 21.2 Å². The van der Waals surface area contributed by atoms with Gasteiger partial charge in [-0.15, -0.1) is 0 Å². The van der Waals surface area contributed by atoms with E-state index in [4.69, 9.17) is 5.73 Å². The predicted octanol–water partition coefficient (Wildman–Crippen LogP) is 3.16. The van der Waals surface area contributed by atoms with Gasteiger partial charge in [0.15, 0.2) is 0 Å². The Morgan fingerprint density at radius 2 is 2.00 bits per heavy atom. The molecule has 3 nitrogen and oxygen atoms in total. The molecule has 0 unspecified atom stereocenters. The van der Waals surface area contributed by atoms with Crippen molar-refractivity contribution in [2.75, 3.05) is 5.73 Å². The molecule has 1 saturated carbocycles. The van der Waals surface area contributed by atoms with Gasteiger partial charge >= 0.3 is 6.18 Å². The van der Waals surface area contributed by atoms with E-state index in [0.717, 1.165) is 0 Å². The minimum atomic E-state index is -4.42. The topological polar surface area (TPSA) is 55.1 Å². The number of benzene rings is 1. The van der Waals surface area contributed by atoms with Crippen LogP contribution in [0.25, 0.3) is 0 Å². The average Bonchev–Trinajstić information content (AvgIpc) is 3.03. The fraction of sp³-hybridized carbons (Fsp3) is 0.417. The van der Waals surface area contributed by atoms with E-state index >= 15 is 0 Å². The summed E-state index contributed by atoms with van der Waals surface area (Å²) in [6.07, 6.45) is -4.58. The summed E-state index contributed by atoms with van der Waals surface area (Å²) in [5.74, 6) is -0.750. The van der Waals surface area contributed by atoms with Crippen LogP contribution in [-0.2, 0) is 0 Å². The third-order valence-electron chi connectivity index (χ3n) is 3.30. The maximum Gasteiger partial charge on any atom is 0.411 e. The number of hydrogen-bond donors (Lipinski definition) is 2. The van der Waals surface area contributed by atoms with Crippen LogP contribution in [0.4, 0.5) is 18.9 Å². The summed E-state index contributed by atoms with van der Waals surface area (Å²) in [6, 6.07) is 3.07. The zero-order chi connectivity index (χ0) is 14.4. The Labute approximate surface area is 116 Å². The fourth-order valence-electron chi connectivity index (χ4n) is 1.82. The van der Waals surface area contributed by atoms with Gasteiger partial charge in [-0.05, 0) is 37.5 Å². The van der Waals surface area contributed by atoms with E-state index in [1.54, 1.807) is 13.0 Å². The van der Waals surface area contributed by atoms with E-state index in [9.17, 15) is 18.0 Å². The number of nitrogens with one attached hydrogen (secondary N) is 1. The van der Waals surface area contributed by atoms with Gasteiger partial charge in [0, 0.05) is 15.7 Å². The van der Waals surface area contributed by atoms with Crippen molar-refractivity contribution in [2.45, 2.75) is 31.5 Å². The number of hydrogen-bond acceptors (Lipinski definition) is 2. The molecule has 2 rings (SSSR count). The summed E-state index contributed by atoms with van der Waals surface area (Å²) in [4.78, 5) is 12.0. The lowest BCUT2D eigenvalue weighted by atomic mass is 10.1. The molecule has 0 radical (unpaired) electrons. The first-order chi connectivity index (χ1) is 8.66. The van der Waals surface area contributed by atoms with Crippen LogP contribution >= 0.6 is 15.9 Å². The molecule has 1 aliphatic rings. The SMILES string of the molecule is Cc1c(N)cc(Br)cc1C(=O)NC1(C(F)(F)F)CC1. The quantitative estimate of drug-likeness (QED) is 0.815. The molecule has 0 heterocycles. The number of rotatable bonds is 2. The second-order valence-corrected chi connectivity index (χ2v) is 5.62. The molecule has 3 N–H and O–H groups in total. The molecule has 104 valence electrons. The van der Waals surface area contributed by atoms with Crippen molar-refractivity contribution in [2.24, 2.45) is 0 Å². The Kier molecular flexibility index (Phi) is 3.28. The maximum atomic E-state index is 12.8. The lowest BCUT2D eigenvalue weighted by Gasteiger charge is -2.21. The van der Waals surface area contributed by atoms with E-state index < -0.39 is 17.6 Å². The van der Waals surface area contributed by atoms with Gasteiger partial charge in [0.1, 0.15) is 5.54 Å². The number of halogens is 4. The largest absolute Gasteiger partial charge is 0.411 e. The van der Waals surface area contributed by atoms with E-state index in [1.165, 1.54) is 6.07 Å². The first-order valence-electron chi connectivity index (χ1n) is 5.61. The van der Waals surface area contributed by atoms with Crippen molar-refractivity contribution >= 4 is 27.5 Å². The van der Waals surface area contributed by atoms with Crippen molar-refractivity contribution in [3.8, 4) is 0 Å². The number of anilines is 1. The molecular weight excluding hydrogens is 325 g/mol. The molecule has 1 aromatic carbocycles.